The Kier molecular flexibility index (Phi) is 5.92. The normalized spacial score (nSPS) is 10.4. The lowest BCUT2D eigenvalue weighted by molar-refractivity contribution is -0.141. The molecule has 0 aliphatic heterocycles. The van der Waals surface area contributed by atoms with E-state index in [0.717, 1.165) is 11.3 Å². The van der Waals surface area contributed by atoms with Crippen LogP contribution in [0.5, 0.6) is 0 Å². The molecule has 6 nitrogen and oxygen atoms in total. The summed E-state index contributed by atoms with van der Waals surface area (Å²) in [5.41, 5.74) is 2.24. The molecule has 0 amide bonds. The highest BCUT2D eigenvalue weighted by atomic mass is 35.5. The third-order valence-electron chi connectivity index (χ3n) is 3.07. The summed E-state index contributed by atoms with van der Waals surface area (Å²) in [6.45, 7) is 0.151. The largest absolute Gasteiger partial charge is 0.460 e. The molecule has 0 unspecified atom stereocenters. The zero-order valence-corrected chi connectivity index (χ0v) is 14.6. The van der Waals surface area contributed by atoms with E-state index in [1.165, 1.54) is 11.8 Å². The number of hydrogen-bond donors (Lipinski definition) is 0. The van der Waals surface area contributed by atoms with Crippen molar-refractivity contribution in [1.82, 2.24) is 19.9 Å². The highest BCUT2D eigenvalue weighted by Gasteiger charge is 2.08. The molecule has 0 aromatic carbocycles. The first-order valence-corrected chi connectivity index (χ1v) is 8.70. The predicted molar refractivity (Wildman–Crippen MR) is 95.0 cm³/mol. The fraction of sp³-hybridized carbons (Fsp3) is 0.118. The highest BCUT2D eigenvalue weighted by Crippen LogP contribution is 2.18. The first-order valence-electron chi connectivity index (χ1n) is 7.34. The van der Waals surface area contributed by atoms with Crippen LogP contribution in [0.2, 0.25) is 5.15 Å². The van der Waals surface area contributed by atoms with E-state index >= 15 is 0 Å². The Hall–Kier alpha value is -2.51. The first kappa shape index (κ1) is 17.3. The molecule has 0 aliphatic rings. The standard InChI is InChI=1S/C17H13ClN4O2S/c18-15-5-4-12(9-21-15)10-24-16(23)11-25-17-20-8-6-14(22-17)13-3-1-2-7-19-13/h1-9H,10-11H2. The lowest BCUT2D eigenvalue weighted by atomic mass is 10.3. The summed E-state index contributed by atoms with van der Waals surface area (Å²) in [5.74, 6) is -0.237. The number of ether oxygens (including phenoxy) is 1. The van der Waals surface area contributed by atoms with Gasteiger partial charge in [0.1, 0.15) is 11.8 Å². The van der Waals surface area contributed by atoms with Gasteiger partial charge in [-0.3, -0.25) is 9.78 Å². The number of pyridine rings is 2. The van der Waals surface area contributed by atoms with E-state index in [2.05, 4.69) is 19.9 Å². The molecule has 0 N–H and O–H groups in total. The summed E-state index contributed by atoms with van der Waals surface area (Å²) in [6.07, 6.45) is 4.92. The van der Waals surface area contributed by atoms with Crippen molar-refractivity contribution in [2.75, 3.05) is 5.75 Å². The number of hydrogen-bond acceptors (Lipinski definition) is 7. The summed E-state index contributed by atoms with van der Waals surface area (Å²) in [7, 11) is 0. The zero-order valence-electron chi connectivity index (χ0n) is 13.0. The van der Waals surface area contributed by atoms with E-state index in [4.69, 9.17) is 16.3 Å². The molecule has 0 radical (unpaired) electrons. The molecule has 0 aliphatic carbocycles. The Morgan fingerprint density at radius 2 is 1.96 bits per heavy atom. The van der Waals surface area contributed by atoms with Gasteiger partial charge in [0.05, 0.1) is 17.1 Å². The van der Waals surface area contributed by atoms with E-state index in [9.17, 15) is 4.79 Å². The van der Waals surface area contributed by atoms with E-state index in [-0.39, 0.29) is 18.3 Å². The number of aromatic nitrogens is 4. The van der Waals surface area contributed by atoms with Gasteiger partial charge < -0.3 is 4.74 Å². The van der Waals surface area contributed by atoms with Crippen LogP contribution in [0, 0.1) is 0 Å². The topological polar surface area (TPSA) is 77.9 Å². The SMILES string of the molecule is O=C(CSc1nccc(-c2ccccn2)n1)OCc1ccc(Cl)nc1. The van der Waals surface area contributed by atoms with Crippen molar-refractivity contribution in [3.05, 3.63) is 65.7 Å². The van der Waals surface area contributed by atoms with E-state index < -0.39 is 0 Å². The van der Waals surface area contributed by atoms with Crippen molar-refractivity contribution in [2.24, 2.45) is 0 Å². The maximum Gasteiger partial charge on any atom is 0.316 e. The molecule has 126 valence electrons. The van der Waals surface area contributed by atoms with Gasteiger partial charge in [-0.25, -0.2) is 15.0 Å². The van der Waals surface area contributed by atoms with Gasteiger partial charge in [0.15, 0.2) is 5.16 Å². The second-order valence-electron chi connectivity index (χ2n) is 4.88. The lowest BCUT2D eigenvalue weighted by Gasteiger charge is -2.05. The van der Waals surface area contributed by atoms with Crippen molar-refractivity contribution in [1.29, 1.82) is 0 Å². The Balaban J connectivity index is 1.53. The second-order valence-corrected chi connectivity index (χ2v) is 6.21. The number of thioether (sulfide) groups is 1. The molecule has 0 spiro atoms. The van der Waals surface area contributed by atoms with Crippen LogP contribution >= 0.6 is 23.4 Å². The summed E-state index contributed by atoms with van der Waals surface area (Å²) < 4.78 is 5.19. The molecule has 0 saturated carbocycles. The summed E-state index contributed by atoms with van der Waals surface area (Å²) >= 11 is 6.92. The molecule has 0 fully saturated rings. The van der Waals surface area contributed by atoms with Crippen LogP contribution in [0.25, 0.3) is 11.4 Å². The number of nitrogens with zero attached hydrogens (tertiary/aromatic N) is 4. The molecule has 8 heteroatoms. The fourth-order valence-corrected chi connectivity index (χ4v) is 2.63. The third-order valence-corrected chi connectivity index (χ3v) is 4.13. The number of halogens is 1. The minimum absolute atomic E-state index is 0.118. The van der Waals surface area contributed by atoms with Crippen molar-refractivity contribution in [2.45, 2.75) is 11.8 Å². The number of esters is 1. The van der Waals surface area contributed by atoms with Gasteiger partial charge in [-0.05, 0) is 24.3 Å². The van der Waals surface area contributed by atoms with Crippen LogP contribution in [0.3, 0.4) is 0 Å². The Morgan fingerprint density at radius 3 is 2.72 bits per heavy atom. The van der Waals surface area contributed by atoms with Gasteiger partial charge in [0, 0.05) is 24.2 Å². The maximum atomic E-state index is 11.9. The summed E-state index contributed by atoms with van der Waals surface area (Å²) in [5, 5.41) is 0.892. The Morgan fingerprint density at radius 1 is 1.04 bits per heavy atom. The molecule has 3 aromatic rings. The van der Waals surface area contributed by atoms with E-state index in [1.54, 1.807) is 36.8 Å². The van der Waals surface area contributed by atoms with Crippen LogP contribution in [-0.2, 0) is 16.1 Å². The van der Waals surface area contributed by atoms with E-state index in [0.29, 0.717) is 16.0 Å². The predicted octanol–water partition coefficient (Wildman–Crippen LogP) is 3.42. The first-order chi connectivity index (χ1) is 12.2. The zero-order chi connectivity index (χ0) is 17.5. The number of carbonyl (C=O) groups is 1. The van der Waals surface area contributed by atoms with Crippen LogP contribution in [0.15, 0.2) is 60.1 Å². The lowest BCUT2D eigenvalue weighted by Crippen LogP contribution is -2.08. The summed E-state index contributed by atoms with van der Waals surface area (Å²) in [4.78, 5) is 28.6. The van der Waals surface area contributed by atoms with Gasteiger partial charge in [-0.15, -0.1) is 0 Å². The molecule has 0 bridgehead atoms. The second kappa shape index (κ2) is 8.55. The molecule has 25 heavy (non-hydrogen) atoms. The third kappa shape index (κ3) is 5.23. The van der Waals surface area contributed by atoms with Crippen molar-refractivity contribution >= 4 is 29.3 Å². The van der Waals surface area contributed by atoms with Gasteiger partial charge in [0.25, 0.3) is 0 Å². The Bertz CT molecular complexity index is 847. The van der Waals surface area contributed by atoms with Gasteiger partial charge in [-0.1, -0.05) is 35.5 Å². The molecular formula is C17H13ClN4O2S. The highest BCUT2D eigenvalue weighted by molar-refractivity contribution is 7.99. The minimum atomic E-state index is -0.355. The number of rotatable bonds is 6. The van der Waals surface area contributed by atoms with Crippen molar-refractivity contribution < 1.29 is 9.53 Å². The molecule has 0 atom stereocenters. The van der Waals surface area contributed by atoms with Crippen LogP contribution in [-0.4, -0.2) is 31.7 Å². The quantitative estimate of drug-likeness (QED) is 0.284. The fourth-order valence-electron chi connectivity index (χ4n) is 1.89. The molecule has 3 heterocycles. The molecule has 3 aromatic heterocycles. The average Bonchev–Trinajstić information content (AvgIpc) is 2.67. The maximum absolute atomic E-state index is 11.9. The van der Waals surface area contributed by atoms with Crippen LogP contribution < -0.4 is 0 Å². The smallest absolute Gasteiger partial charge is 0.316 e. The number of carbonyl (C=O) groups excluding carboxylic acids is 1. The summed E-state index contributed by atoms with van der Waals surface area (Å²) in [6, 6.07) is 10.8. The van der Waals surface area contributed by atoms with E-state index in [1.807, 2.05) is 18.2 Å². The molecular weight excluding hydrogens is 360 g/mol. The Labute approximate surface area is 153 Å². The van der Waals surface area contributed by atoms with Gasteiger partial charge in [-0.2, -0.15) is 0 Å². The van der Waals surface area contributed by atoms with Crippen molar-refractivity contribution in [3.8, 4) is 11.4 Å². The monoisotopic (exact) mass is 372 g/mol. The molecule has 0 saturated heterocycles. The molecule has 3 rings (SSSR count). The van der Waals surface area contributed by atoms with Gasteiger partial charge in [0.2, 0.25) is 0 Å². The van der Waals surface area contributed by atoms with Crippen LogP contribution in [0.1, 0.15) is 5.56 Å². The average molecular weight is 373 g/mol. The van der Waals surface area contributed by atoms with Crippen LogP contribution in [0.4, 0.5) is 0 Å². The minimum Gasteiger partial charge on any atom is -0.460 e. The van der Waals surface area contributed by atoms with Gasteiger partial charge >= 0.3 is 5.97 Å². The van der Waals surface area contributed by atoms with Crippen molar-refractivity contribution in [3.63, 3.8) is 0 Å².